The smallest absolute Gasteiger partial charge is 0.348 e. The molecule has 19 heavy (non-hydrogen) atoms. The average molecular weight is 282 g/mol. The van der Waals surface area contributed by atoms with E-state index in [-0.39, 0.29) is 11.9 Å². The molecule has 104 valence electrons. The van der Waals surface area contributed by atoms with Crippen molar-refractivity contribution in [3.63, 3.8) is 0 Å². The third-order valence-electron chi connectivity index (χ3n) is 3.21. The van der Waals surface area contributed by atoms with Crippen molar-refractivity contribution < 1.29 is 14.3 Å². The van der Waals surface area contributed by atoms with Gasteiger partial charge >= 0.3 is 5.97 Å². The molecule has 0 spiro atoms. The van der Waals surface area contributed by atoms with Gasteiger partial charge < -0.3 is 14.5 Å². The van der Waals surface area contributed by atoms with Crippen LogP contribution in [0.4, 0.5) is 0 Å². The number of methoxy groups -OCH3 is 1. The second-order valence-electron chi connectivity index (χ2n) is 4.60. The van der Waals surface area contributed by atoms with Crippen LogP contribution in [-0.2, 0) is 4.74 Å². The minimum Gasteiger partial charge on any atom is -0.465 e. The molecule has 0 unspecified atom stereocenters. The van der Waals surface area contributed by atoms with E-state index in [4.69, 9.17) is 0 Å². The first-order chi connectivity index (χ1) is 9.11. The predicted molar refractivity (Wildman–Crippen MR) is 73.7 cm³/mol. The Hall–Kier alpha value is -1.40. The van der Waals surface area contributed by atoms with E-state index in [2.05, 4.69) is 16.7 Å². The summed E-state index contributed by atoms with van der Waals surface area (Å²) in [4.78, 5) is 28.9. The molecule has 0 radical (unpaired) electrons. The molecule has 1 fully saturated rings. The lowest BCUT2D eigenvalue weighted by molar-refractivity contribution is 0.0606. The third-order valence-corrected chi connectivity index (χ3v) is 4.26. The molecule has 6 heteroatoms. The standard InChI is InChI=1S/C13H18N2O3S/c1-14-6-3-7-15(9-8-14)12(16)10-4-5-11(19-10)13(17)18-2/h4-5H,3,6-9H2,1-2H3. The Morgan fingerprint density at radius 1 is 1.16 bits per heavy atom. The lowest BCUT2D eigenvalue weighted by Gasteiger charge is -2.19. The van der Waals surface area contributed by atoms with E-state index >= 15 is 0 Å². The monoisotopic (exact) mass is 282 g/mol. The summed E-state index contributed by atoms with van der Waals surface area (Å²) in [6.07, 6.45) is 0.984. The summed E-state index contributed by atoms with van der Waals surface area (Å²) in [5.41, 5.74) is 0. The van der Waals surface area contributed by atoms with Crippen LogP contribution in [0.3, 0.4) is 0 Å². The van der Waals surface area contributed by atoms with Gasteiger partial charge in [0.1, 0.15) is 4.88 Å². The van der Waals surface area contributed by atoms with Crippen LogP contribution < -0.4 is 0 Å². The van der Waals surface area contributed by atoms with Crippen LogP contribution in [0.5, 0.6) is 0 Å². The van der Waals surface area contributed by atoms with Crippen molar-refractivity contribution in [3.8, 4) is 0 Å². The zero-order valence-corrected chi connectivity index (χ0v) is 12.0. The van der Waals surface area contributed by atoms with Crippen molar-refractivity contribution in [2.24, 2.45) is 0 Å². The van der Waals surface area contributed by atoms with Crippen LogP contribution in [0.2, 0.25) is 0 Å². The highest BCUT2D eigenvalue weighted by Crippen LogP contribution is 2.19. The Kier molecular flexibility index (Phi) is 4.55. The Morgan fingerprint density at radius 2 is 1.89 bits per heavy atom. The Balaban J connectivity index is 2.06. The summed E-state index contributed by atoms with van der Waals surface area (Å²) in [6, 6.07) is 3.35. The zero-order chi connectivity index (χ0) is 13.8. The lowest BCUT2D eigenvalue weighted by Crippen LogP contribution is -2.34. The van der Waals surface area contributed by atoms with E-state index in [1.165, 1.54) is 18.4 Å². The summed E-state index contributed by atoms with van der Waals surface area (Å²) < 4.78 is 4.65. The number of carbonyl (C=O) groups excluding carboxylic acids is 2. The Bertz CT molecular complexity index is 472. The van der Waals surface area contributed by atoms with E-state index in [0.717, 1.165) is 32.6 Å². The maximum atomic E-state index is 12.3. The molecule has 0 N–H and O–H groups in total. The van der Waals surface area contributed by atoms with Gasteiger partial charge in [-0.05, 0) is 32.1 Å². The highest BCUT2D eigenvalue weighted by Gasteiger charge is 2.21. The fraction of sp³-hybridized carbons (Fsp3) is 0.538. The van der Waals surface area contributed by atoms with Crippen LogP contribution in [0.25, 0.3) is 0 Å². The van der Waals surface area contributed by atoms with E-state index in [1.807, 2.05) is 4.90 Å². The van der Waals surface area contributed by atoms with Gasteiger partial charge in [-0.3, -0.25) is 4.79 Å². The van der Waals surface area contributed by atoms with Gasteiger partial charge in [-0.1, -0.05) is 0 Å². The molecule has 1 aromatic rings. The van der Waals surface area contributed by atoms with Gasteiger partial charge in [0.15, 0.2) is 0 Å². The van der Waals surface area contributed by atoms with E-state index in [0.29, 0.717) is 9.75 Å². The van der Waals surface area contributed by atoms with Crippen molar-refractivity contribution in [1.29, 1.82) is 0 Å². The fourth-order valence-corrected chi connectivity index (χ4v) is 2.96. The molecule has 1 aromatic heterocycles. The van der Waals surface area contributed by atoms with Gasteiger partial charge in [-0.25, -0.2) is 4.79 Å². The number of hydrogen-bond donors (Lipinski definition) is 0. The molecule has 1 saturated heterocycles. The van der Waals surface area contributed by atoms with Gasteiger partial charge in [0.2, 0.25) is 0 Å². The SMILES string of the molecule is COC(=O)c1ccc(C(=O)N2CCCN(C)CC2)s1. The van der Waals surface area contributed by atoms with E-state index < -0.39 is 0 Å². The molecule has 0 aromatic carbocycles. The van der Waals surface area contributed by atoms with Gasteiger partial charge in [-0.2, -0.15) is 0 Å². The molecule has 1 aliphatic heterocycles. The maximum absolute atomic E-state index is 12.3. The Labute approximate surface area is 116 Å². The van der Waals surface area contributed by atoms with Crippen molar-refractivity contribution in [1.82, 2.24) is 9.80 Å². The maximum Gasteiger partial charge on any atom is 0.348 e. The van der Waals surface area contributed by atoms with Crippen molar-refractivity contribution in [2.75, 3.05) is 40.3 Å². The van der Waals surface area contributed by atoms with Crippen LogP contribution >= 0.6 is 11.3 Å². The summed E-state index contributed by atoms with van der Waals surface area (Å²) in [5, 5.41) is 0. The average Bonchev–Trinajstić information content (AvgIpc) is 2.81. The summed E-state index contributed by atoms with van der Waals surface area (Å²) >= 11 is 1.20. The molecule has 1 aliphatic rings. The topological polar surface area (TPSA) is 49.9 Å². The highest BCUT2D eigenvalue weighted by atomic mass is 32.1. The largest absolute Gasteiger partial charge is 0.465 e. The number of nitrogens with zero attached hydrogens (tertiary/aromatic N) is 2. The quantitative estimate of drug-likeness (QED) is 0.768. The Morgan fingerprint density at radius 3 is 2.63 bits per heavy atom. The summed E-state index contributed by atoms with van der Waals surface area (Å²) in [5.74, 6) is -0.380. The molecule has 2 rings (SSSR count). The molecular formula is C13H18N2O3S. The minimum absolute atomic E-state index is 0.00968. The van der Waals surface area contributed by atoms with Crippen molar-refractivity contribution >= 4 is 23.2 Å². The molecule has 5 nitrogen and oxygen atoms in total. The number of hydrogen-bond acceptors (Lipinski definition) is 5. The second kappa shape index (κ2) is 6.16. The molecule has 0 atom stereocenters. The number of carbonyl (C=O) groups is 2. The van der Waals surface area contributed by atoms with Crippen LogP contribution in [0.1, 0.15) is 25.8 Å². The third kappa shape index (κ3) is 3.33. The van der Waals surface area contributed by atoms with Gasteiger partial charge in [0.25, 0.3) is 5.91 Å². The molecule has 0 saturated carbocycles. The number of rotatable bonds is 2. The first kappa shape index (κ1) is 14.0. The molecule has 1 amide bonds. The first-order valence-corrected chi connectivity index (χ1v) is 7.09. The first-order valence-electron chi connectivity index (χ1n) is 6.28. The lowest BCUT2D eigenvalue weighted by atomic mass is 10.3. The van der Waals surface area contributed by atoms with Crippen molar-refractivity contribution in [3.05, 3.63) is 21.9 Å². The van der Waals surface area contributed by atoms with E-state index in [1.54, 1.807) is 12.1 Å². The predicted octanol–water partition coefficient (Wildman–Crippen LogP) is 1.31. The van der Waals surface area contributed by atoms with Crippen LogP contribution in [0.15, 0.2) is 12.1 Å². The molecule has 2 heterocycles. The van der Waals surface area contributed by atoms with Gasteiger partial charge in [-0.15, -0.1) is 11.3 Å². The fourth-order valence-electron chi connectivity index (χ4n) is 2.07. The number of likely N-dealkylation sites (N-methyl/N-ethyl adjacent to an activating group) is 1. The molecular weight excluding hydrogens is 264 g/mol. The van der Waals surface area contributed by atoms with Crippen LogP contribution in [0, 0.1) is 0 Å². The molecule has 0 aliphatic carbocycles. The minimum atomic E-state index is -0.389. The number of thiophene rings is 1. The van der Waals surface area contributed by atoms with Crippen molar-refractivity contribution in [2.45, 2.75) is 6.42 Å². The van der Waals surface area contributed by atoms with E-state index in [9.17, 15) is 9.59 Å². The van der Waals surface area contributed by atoms with Crippen LogP contribution in [-0.4, -0.2) is 62.0 Å². The number of ether oxygens (including phenoxy) is 1. The summed E-state index contributed by atoms with van der Waals surface area (Å²) in [6.45, 7) is 3.41. The summed E-state index contributed by atoms with van der Waals surface area (Å²) in [7, 11) is 3.41. The second-order valence-corrected chi connectivity index (χ2v) is 5.69. The number of esters is 1. The normalized spacial score (nSPS) is 17.1. The van der Waals surface area contributed by atoms with Gasteiger partial charge in [0, 0.05) is 19.6 Å². The number of amides is 1. The van der Waals surface area contributed by atoms with Gasteiger partial charge in [0.05, 0.1) is 12.0 Å². The molecule has 0 bridgehead atoms. The highest BCUT2D eigenvalue weighted by molar-refractivity contribution is 7.15. The zero-order valence-electron chi connectivity index (χ0n) is 11.2.